The third-order valence-electron chi connectivity index (χ3n) is 7.11. The summed E-state index contributed by atoms with van der Waals surface area (Å²) >= 11 is 0. The van der Waals surface area contributed by atoms with Crippen molar-refractivity contribution in [2.24, 2.45) is 0 Å². The lowest BCUT2D eigenvalue weighted by molar-refractivity contribution is 0.241. The summed E-state index contributed by atoms with van der Waals surface area (Å²) in [4.78, 5) is 7.74. The number of ether oxygens (including phenoxy) is 1. The van der Waals surface area contributed by atoms with E-state index < -0.39 is 0 Å². The Bertz CT molecular complexity index is 1280. The highest BCUT2D eigenvalue weighted by Gasteiger charge is 2.22. The fourth-order valence-corrected chi connectivity index (χ4v) is 5.06. The summed E-state index contributed by atoms with van der Waals surface area (Å²) in [7, 11) is 0. The maximum Gasteiger partial charge on any atom is 0.162 e. The van der Waals surface area contributed by atoms with Crippen molar-refractivity contribution in [3.05, 3.63) is 90.1 Å². The quantitative estimate of drug-likeness (QED) is 0.159. The molecule has 0 aliphatic carbocycles. The van der Waals surface area contributed by atoms with E-state index in [1.165, 1.54) is 18.5 Å². The molecule has 0 fully saturated rings. The molecule has 4 rings (SSSR count). The number of aromatic hydroxyl groups is 1. The van der Waals surface area contributed by atoms with Crippen LogP contribution in [-0.2, 0) is 19.6 Å². The zero-order valence-corrected chi connectivity index (χ0v) is 23.8. The number of aromatic nitrogens is 2. The van der Waals surface area contributed by atoms with Crippen LogP contribution in [0.25, 0.3) is 22.6 Å². The predicted molar refractivity (Wildman–Crippen MR) is 161 cm³/mol. The molecule has 206 valence electrons. The van der Waals surface area contributed by atoms with Gasteiger partial charge in [0.05, 0.1) is 18.0 Å². The van der Waals surface area contributed by atoms with Gasteiger partial charge in [0.25, 0.3) is 0 Å². The van der Waals surface area contributed by atoms with Crippen LogP contribution in [0.3, 0.4) is 0 Å². The largest absolute Gasteiger partial charge is 0.504 e. The van der Waals surface area contributed by atoms with Crippen molar-refractivity contribution >= 4 is 0 Å². The topological polar surface area (TPSA) is 50.5 Å². The van der Waals surface area contributed by atoms with E-state index in [1.807, 2.05) is 25.1 Å². The van der Waals surface area contributed by atoms with Crippen molar-refractivity contribution in [3.8, 4) is 34.1 Å². The van der Waals surface area contributed by atoms with Crippen LogP contribution >= 0.6 is 0 Å². The Morgan fingerprint density at radius 2 is 1.46 bits per heavy atom. The van der Waals surface area contributed by atoms with E-state index in [0.717, 1.165) is 67.1 Å². The van der Waals surface area contributed by atoms with Crippen LogP contribution in [0.4, 0.5) is 0 Å². The third kappa shape index (κ3) is 7.30. The van der Waals surface area contributed by atoms with E-state index in [9.17, 15) is 5.11 Å². The Kier molecular flexibility index (Phi) is 10.6. The van der Waals surface area contributed by atoms with Gasteiger partial charge in [-0.1, -0.05) is 106 Å². The molecule has 0 atom stereocenters. The van der Waals surface area contributed by atoms with Gasteiger partial charge in [0, 0.05) is 36.3 Å². The van der Waals surface area contributed by atoms with Gasteiger partial charge in [0.2, 0.25) is 0 Å². The minimum Gasteiger partial charge on any atom is -0.504 e. The molecular formula is C34H43N3O2. The smallest absolute Gasteiger partial charge is 0.162 e. The Labute approximate surface area is 234 Å². The van der Waals surface area contributed by atoms with E-state index in [4.69, 9.17) is 9.72 Å². The van der Waals surface area contributed by atoms with Crippen LogP contribution in [0, 0.1) is 0 Å². The van der Waals surface area contributed by atoms with Crippen LogP contribution < -0.4 is 4.74 Å². The zero-order chi connectivity index (χ0) is 27.5. The number of nitrogens with zero attached hydrogens (tertiary/aromatic N) is 3. The van der Waals surface area contributed by atoms with Crippen molar-refractivity contribution in [1.29, 1.82) is 0 Å². The molecule has 0 bridgehead atoms. The highest BCUT2D eigenvalue weighted by atomic mass is 16.5. The summed E-state index contributed by atoms with van der Waals surface area (Å²) in [5.74, 6) is 1.81. The maximum absolute atomic E-state index is 11.0. The summed E-state index contributed by atoms with van der Waals surface area (Å²) in [6.45, 7) is 10.2. The molecule has 0 saturated carbocycles. The van der Waals surface area contributed by atoms with Crippen LogP contribution in [0.2, 0.25) is 0 Å². The first kappa shape index (κ1) is 28.4. The fraction of sp³-hybridized carbons (Fsp3) is 0.382. The minimum absolute atomic E-state index is 0.241. The van der Waals surface area contributed by atoms with E-state index in [2.05, 4.69) is 84.0 Å². The molecule has 1 heterocycles. The summed E-state index contributed by atoms with van der Waals surface area (Å²) in [5.41, 5.74) is 5.43. The van der Waals surface area contributed by atoms with Gasteiger partial charge in [-0.2, -0.15) is 0 Å². The van der Waals surface area contributed by atoms with E-state index in [1.54, 1.807) is 0 Å². The normalized spacial score (nSPS) is 11.3. The summed E-state index contributed by atoms with van der Waals surface area (Å²) in [6.07, 6.45) is 5.67. The number of benzene rings is 3. The molecule has 5 heteroatoms. The molecule has 3 aromatic carbocycles. The number of phenolic OH excluding ortho intramolecular Hbond substituents is 1. The third-order valence-corrected chi connectivity index (χ3v) is 7.11. The number of unbranched alkanes of at least 4 members (excludes halogenated alkanes) is 3. The lowest BCUT2D eigenvalue weighted by atomic mass is 10.1. The molecular weight excluding hydrogens is 482 g/mol. The van der Waals surface area contributed by atoms with Crippen LogP contribution in [0.5, 0.6) is 11.5 Å². The first-order valence-electron chi connectivity index (χ1n) is 14.5. The predicted octanol–water partition coefficient (Wildman–Crippen LogP) is 8.31. The second kappa shape index (κ2) is 14.5. The van der Waals surface area contributed by atoms with Crippen molar-refractivity contribution in [2.75, 3.05) is 13.2 Å². The lowest BCUT2D eigenvalue weighted by Gasteiger charge is -2.25. The molecule has 39 heavy (non-hydrogen) atoms. The van der Waals surface area contributed by atoms with Gasteiger partial charge in [-0.05, 0) is 32.4 Å². The summed E-state index contributed by atoms with van der Waals surface area (Å²) < 4.78 is 8.13. The molecule has 0 radical (unpaired) electrons. The lowest BCUT2D eigenvalue weighted by Crippen LogP contribution is -2.26. The van der Waals surface area contributed by atoms with Gasteiger partial charge in [0.1, 0.15) is 5.82 Å². The molecule has 0 saturated heterocycles. The molecule has 1 N–H and O–H groups in total. The average molecular weight is 526 g/mol. The second-order valence-corrected chi connectivity index (χ2v) is 10.1. The zero-order valence-electron chi connectivity index (χ0n) is 23.8. The number of phenols is 1. The Balaban J connectivity index is 1.79. The van der Waals surface area contributed by atoms with Gasteiger partial charge in [0.15, 0.2) is 11.5 Å². The van der Waals surface area contributed by atoms with Crippen molar-refractivity contribution < 1.29 is 9.84 Å². The highest BCUT2D eigenvalue weighted by Crippen LogP contribution is 2.34. The van der Waals surface area contributed by atoms with Crippen LogP contribution in [0.1, 0.15) is 64.1 Å². The SMILES string of the molecule is CCCCCn1c(-c2ccccc2)nc(-c2ccccc2)c1CN(CCCC)Cc1cccc(OCC)c1O. The first-order chi connectivity index (χ1) is 19.2. The van der Waals surface area contributed by atoms with Gasteiger partial charge in [-0.15, -0.1) is 0 Å². The van der Waals surface area contributed by atoms with Crippen molar-refractivity contribution in [2.45, 2.75) is 72.5 Å². The Hall–Kier alpha value is -3.57. The molecule has 1 aromatic heterocycles. The summed E-state index contributed by atoms with van der Waals surface area (Å²) in [5, 5.41) is 11.0. The summed E-state index contributed by atoms with van der Waals surface area (Å²) in [6, 6.07) is 26.9. The molecule has 0 aliphatic rings. The van der Waals surface area contributed by atoms with Crippen molar-refractivity contribution in [1.82, 2.24) is 14.5 Å². The number of hydrogen-bond acceptors (Lipinski definition) is 4. The van der Waals surface area contributed by atoms with Gasteiger partial charge in [-0.25, -0.2) is 4.98 Å². The Morgan fingerprint density at radius 1 is 0.769 bits per heavy atom. The van der Waals surface area contributed by atoms with Crippen molar-refractivity contribution in [3.63, 3.8) is 0 Å². The van der Waals surface area contributed by atoms with E-state index in [-0.39, 0.29) is 5.75 Å². The number of rotatable bonds is 15. The molecule has 4 aromatic rings. The molecule has 0 spiro atoms. The van der Waals surface area contributed by atoms with E-state index >= 15 is 0 Å². The molecule has 5 nitrogen and oxygen atoms in total. The van der Waals surface area contributed by atoms with Gasteiger partial charge < -0.3 is 14.4 Å². The van der Waals surface area contributed by atoms with Crippen LogP contribution in [0.15, 0.2) is 78.9 Å². The molecule has 0 amide bonds. The monoisotopic (exact) mass is 525 g/mol. The van der Waals surface area contributed by atoms with Crippen LogP contribution in [-0.4, -0.2) is 32.7 Å². The molecule has 0 aliphatic heterocycles. The highest BCUT2D eigenvalue weighted by molar-refractivity contribution is 5.68. The first-order valence-corrected chi connectivity index (χ1v) is 14.5. The Morgan fingerprint density at radius 3 is 2.13 bits per heavy atom. The molecule has 0 unspecified atom stereocenters. The standard InChI is InChI=1S/C34H43N3O2/c1-4-7-15-24-37-30(26-36(23-8-5-2)25-29-21-16-22-31(33(29)38)39-6-3)32(27-17-11-9-12-18-27)35-34(37)28-19-13-10-14-20-28/h9-14,16-22,38H,4-8,15,23-26H2,1-3H3. The second-order valence-electron chi connectivity index (χ2n) is 10.1. The average Bonchev–Trinajstić information content (AvgIpc) is 3.32. The number of imidazole rings is 1. The van der Waals surface area contributed by atoms with Gasteiger partial charge in [-0.3, -0.25) is 4.90 Å². The number of hydrogen-bond donors (Lipinski definition) is 1. The fourth-order valence-electron chi connectivity index (χ4n) is 5.06. The van der Waals surface area contributed by atoms with Gasteiger partial charge >= 0.3 is 0 Å². The maximum atomic E-state index is 11.0. The minimum atomic E-state index is 0.241. The van der Waals surface area contributed by atoms with E-state index in [0.29, 0.717) is 18.9 Å². The number of para-hydroxylation sites is 1.